The number of hydrogen-bond donors (Lipinski definition) is 1. The van der Waals surface area contributed by atoms with E-state index >= 15 is 0 Å². The summed E-state index contributed by atoms with van der Waals surface area (Å²) in [6, 6.07) is 9.02. The molecule has 2 rings (SSSR count). The number of allylic oxidation sites excluding steroid dienone is 1. The topological polar surface area (TPSA) is 146 Å². The Kier molecular flexibility index (Phi) is 13.6. The molecule has 2 amide bonds. The molecule has 0 bridgehead atoms. The van der Waals surface area contributed by atoms with Gasteiger partial charge in [0.25, 0.3) is 0 Å². The fraction of sp³-hybridized carbons (Fsp3) is 0.552. The van der Waals surface area contributed by atoms with Gasteiger partial charge in [-0.15, -0.1) is 0 Å². The highest BCUT2D eigenvalue weighted by Crippen LogP contribution is 2.24. The van der Waals surface area contributed by atoms with Crippen LogP contribution >= 0.6 is 0 Å². The predicted octanol–water partition coefficient (Wildman–Crippen LogP) is 2.63. The summed E-state index contributed by atoms with van der Waals surface area (Å²) in [5, 5.41) is 9.48. The van der Waals surface area contributed by atoms with Crippen LogP contribution in [-0.4, -0.2) is 84.2 Å². The minimum atomic E-state index is -1.51. The van der Waals surface area contributed by atoms with Crippen LogP contribution in [0.4, 0.5) is 4.79 Å². The van der Waals surface area contributed by atoms with Gasteiger partial charge < -0.3 is 24.1 Å². The third-order valence-corrected chi connectivity index (χ3v) is 6.31. The molecule has 0 radical (unpaired) electrons. The Morgan fingerprint density at radius 1 is 1.12 bits per heavy atom. The molecule has 0 saturated carbocycles. The molecule has 4 atom stereocenters. The van der Waals surface area contributed by atoms with E-state index in [9.17, 15) is 29.1 Å². The fourth-order valence-electron chi connectivity index (χ4n) is 3.97. The lowest BCUT2D eigenvalue weighted by Gasteiger charge is -2.28. The number of ether oxygens (including phenoxy) is 4. The van der Waals surface area contributed by atoms with Crippen molar-refractivity contribution in [2.24, 2.45) is 11.8 Å². The summed E-state index contributed by atoms with van der Waals surface area (Å²) in [7, 11) is 0. The summed E-state index contributed by atoms with van der Waals surface area (Å²) in [4.78, 5) is 62.9. The Morgan fingerprint density at radius 2 is 1.82 bits per heavy atom. The van der Waals surface area contributed by atoms with Gasteiger partial charge in [-0.1, -0.05) is 44.2 Å². The van der Waals surface area contributed by atoms with Gasteiger partial charge in [0, 0.05) is 20.0 Å². The molecule has 1 aliphatic heterocycles. The van der Waals surface area contributed by atoms with Crippen LogP contribution in [0.2, 0.25) is 0 Å². The first-order valence-electron chi connectivity index (χ1n) is 13.3. The normalized spacial score (nSPS) is 17.5. The quantitative estimate of drug-likeness (QED) is 0.171. The van der Waals surface area contributed by atoms with Crippen molar-refractivity contribution in [1.29, 1.82) is 0 Å². The molecule has 220 valence electrons. The van der Waals surface area contributed by atoms with Crippen LogP contribution in [0.1, 0.15) is 46.1 Å². The van der Waals surface area contributed by atoms with Gasteiger partial charge in [-0.25, -0.2) is 9.69 Å². The van der Waals surface area contributed by atoms with Gasteiger partial charge in [0.15, 0.2) is 17.7 Å². The first-order chi connectivity index (χ1) is 19.0. The van der Waals surface area contributed by atoms with Crippen LogP contribution in [0, 0.1) is 11.8 Å². The average Bonchev–Trinajstić information content (AvgIpc) is 3.33. The SMILES string of the molecule is CC(=O)OC(C(=O)C=CC(=O)CCCOCC(CO)OCc1ccccc1)C(C)C(=O)N1C(=O)OCC1C(C)C. The first-order valence-corrected chi connectivity index (χ1v) is 13.3. The van der Waals surface area contributed by atoms with Crippen molar-refractivity contribution in [2.75, 3.05) is 26.4 Å². The van der Waals surface area contributed by atoms with Gasteiger partial charge in [-0.2, -0.15) is 0 Å². The lowest BCUT2D eigenvalue weighted by atomic mass is 9.96. The number of carbonyl (C=O) groups excluding carboxylic acids is 5. The number of hydrogen-bond acceptors (Lipinski definition) is 10. The molecule has 0 aliphatic carbocycles. The Bertz CT molecular complexity index is 1040. The molecule has 1 N–H and O–H groups in total. The highest BCUT2D eigenvalue weighted by molar-refractivity contribution is 6.04. The highest BCUT2D eigenvalue weighted by Gasteiger charge is 2.44. The number of amides is 2. The Morgan fingerprint density at radius 3 is 2.45 bits per heavy atom. The average molecular weight is 562 g/mol. The molecule has 1 aliphatic rings. The Labute approximate surface area is 234 Å². The molecule has 40 heavy (non-hydrogen) atoms. The summed E-state index contributed by atoms with van der Waals surface area (Å²) in [5.41, 5.74) is 0.973. The minimum absolute atomic E-state index is 0.0423. The highest BCUT2D eigenvalue weighted by atomic mass is 16.6. The van der Waals surface area contributed by atoms with Crippen molar-refractivity contribution in [2.45, 2.75) is 65.4 Å². The zero-order valence-corrected chi connectivity index (χ0v) is 23.4. The molecule has 1 aromatic rings. The smallest absolute Gasteiger partial charge is 0.416 e. The van der Waals surface area contributed by atoms with Gasteiger partial charge in [0.1, 0.15) is 12.7 Å². The lowest BCUT2D eigenvalue weighted by molar-refractivity contribution is -0.158. The number of imide groups is 1. The predicted molar refractivity (Wildman–Crippen MR) is 143 cm³/mol. The van der Waals surface area contributed by atoms with Crippen molar-refractivity contribution in [3.63, 3.8) is 0 Å². The number of ketones is 2. The van der Waals surface area contributed by atoms with Crippen molar-refractivity contribution < 1.29 is 48.0 Å². The van der Waals surface area contributed by atoms with Gasteiger partial charge in [0.05, 0.1) is 31.8 Å². The standard InChI is InChI=1S/C29H39NO10/c1-19(2)25-18-39-29(36)30(25)28(35)20(3)27(40-21(4)32)26(34)13-12-23(33)11-8-14-37-17-24(15-31)38-16-22-9-6-5-7-10-22/h5-7,9-10,12-13,19-20,24-25,27,31H,8,11,14-18H2,1-4H3. The molecule has 11 heteroatoms. The second-order valence-electron chi connectivity index (χ2n) is 9.90. The summed E-state index contributed by atoms with van der Waals surface area (Å²) < 4.78 is 21.3. The van der Waals surface area contributed by atoms with Crippen LogP contribution in [0.15, 0.2) is 42.5 Å². The Hall–Kier alpha value is -3.41. The van der Waals surface area contributed by atoms with Gasteiger partial charge in [-0.3, -0.25) is 19.2 Å². The van der Waals surface area contributed by atoms with Crippen LogP contribution in [0.5, 0.6) is 0 Å². The van der Waals surface area contributed by atoms with E-state index in [0.717, 1.165) is 29.5 Å². The summed E-state index contributed by atoms with van der Waals surface area (Å²) >= 11 is 0. The van der Waals surface area contributed by atoms with E-state index in [1.54, 1.807) is 0 Å². The molecule has 0 aromatic heterocycles. The maximum absolute atomic E-state index is 13.1. The Balaban J connectivity index is 1.83. The number of aliphatic hydroxyl groups is 1. The minimum Gasteiger partial charge on any atom is -0.453 e. The van der Waals surface area contributed by atoms with Crippen molar-refractivity contribution >= 4 is 29.5 Å². The van der Waals surface area contributed by atoms with Gasteiger partial charge in [0.2, 0.25) is 5.91 Å². The molecule has 1 saturated heterocycles. The van der Waals surface area contributed by atoms with E-state index in [1.807, 2.05) is 44.2 Å². The number of esters is 1. The summed E-state index contributed by atoms with van der Waals surface area (Å²) in [6.07, 6.45) is -0.339. The largest absolute Gasteiger partial charge is 0.453 e. The summed E-state index contributed by atoms with van der Waals surface area (Å²) in [5.74, 6) is -3.86. The van der Waals surface area contributed by atoms with Crippen molar-refractivity contribution in [1.82, 2.24) is 4.90 Å². The van der Waals surface area contributed by atoms with E-state index in [0.29, 0.717) is 13.0 Å². The van der Waals surface area contributed by atoms with E-state index in [4.69, 9.17) is 18.9 Å². The van der Waals surface area contributed by atoms with Gasteiger partial charge >= 0.3 is 12.1 Å². The van der Waals surface area contributed by atoms with Crippen LogP contribution in [0.3, 0.4) is 0 Å². The number of nitrogens with zero attached hydrogens (tertiary/aromatic N) is 1. The van der Waals surface area contributed by atoms with Gasteiger partial charge in [-0.05, 0) is 37.0 Å². The first kappa shape index (κ1) is 32.8. The molecule has 1 aromatic carbocycles. The molecule has 1 heterocycles. The number of carbonyl (C=O) groups is 5. The second-order valence-corrected chi connectivity index (χ2v) is 9.90. The number of aliphatic hydroxyl groups excluding tert-OH is 1. The van der Waals surface area contributed by atoms with E-state index in [1.165, 1.54) is 6.92 Å². The number of benzene rings is 1. The zero-order valence-electron chi connectivity index (χ0n) is 23.4. The molecule has 0 spiro atoms. The molecular weight excluding hydrogens is 522 g/mol. The summed E-state index contributed by atoms with van der Waals surface area (Å²) in [6.45, 7) is 6.71. The maximum Gasteiger partial charge on any atom is 0.416 e. The van der Waals surface area contributed by atoms with E-state index < -0.39 is 47.9 Å². The van der Waals surface area contributed by atoms with Crippen molar-refractivity contribution in [3.8, 4) is 0 Å². The monoisotopic (exact) mass is 561 g/mol. The van der Waals surface area contributed by atoms with Crippen LogP contribution in [0.25, 0.3) is 0 Å². The molecule has 11 nitrogen and oxygen atoms in total. The fourth-order valence-corrected chi connectivity index (χ4v) is 3.97. The lowest BCUT2D eigenvalue weighted by Crippen LogP contribution is -2.48. The van der Waals surface area contributed by atoms with E-state index in [2.05, 4.69) is 0 Å². The van der Waals surface area contributed by atoms with Crippen LogP contribution in [-0.2, 0) is 44.7 Å². The maximum atomic E-state index is 13.1. The third-order valence-electron chi connectivity index (χ3n) is 6.31. The third kappa shape index (κ3) is 10.3. The molecule has 1 fully saturated rings. The number of rotatable bonds is 17. The molecular formula is C29H39NO10. The van der Waals surface area contributed by atoms with E-state index in [-0.39, 0.29) is 44.5 Å². The van der Waals surface area contributed by atoms with Crippen molar-refractivity contribution in [3.05, 3.63) is 48.0 Å². The number of cyclic esters (lactones) is 1. The molecule has 4 unspecified atom stereocenters. The second kappa shape index (κ2) is 16.6. The van der Waals surface area contributed by atoms with Crippen LogP contribution < -0.4 is 0 Å². The zero-order chi connectivity index (χ0) is 29.7.